The van der Waals surface area contributed by atoms with E-state index < -0.39 is 5.97 Å². The number of hydrogen-bond acceptors (Lipinski definition) is 5. The molecular formula is C13H10N4O2S. The summed E-state index contributed by atoms with van der Waals surface area (Å²) in [7, 11) is 1.84. The van der Waals surface area contributed by atoms with Crippen molar-refractivity contribution in [2.45, 2.75) is 0 Å². The van der Waals surface area contributed by atoms with Gasteiger partial charge in [-0.1, -0.05) is 17.4 Å². The number of carbonyl (C=O) groups is 1. The average molecular weight is 286 g/mol. The molecule has 20 heavy (non-hydrogen) atoms. The van der Waals surface area contributed by atoms with E-state index in [4.69, 9.17) is 5.11 Å². The van der Waals surface area contributed by atoms with E-state index in [1.807, 2.05) is 31.3 Å². The van der Waals surface area contributed by atoms with Gasteiger partial charge in [0, 0.05) is 12.4 Å². The van der Waals surface area contributed by atoms with Crippen LogP contribution in [0.5, 0.6) is 0 Å². The molecule has 0 fully saturated rings. The summed E-state index contributed by atoms with van der Waals surface area (Å²) in [6.45, 7) is 0. The smallest absolute Gasteiger partial charge is 0.355 e. The van der Waals surface area contributed by atoms with Gasteiger partial charge in [0.2, 0.25) is 0 Å². The molecule has 100 valence electrons. The Morgan fingerprint density at radius 3 is 3.00 bits per heavy atom. The van der Waals surface area contributed by atoms with Gasteiger partial charge in [-0.25, -0.2) is 14.5 Å². The Morgan fingerprint density at radius 1 is 1.40 bits per heavy atom. The largest absolute Gasteiger partial charge is 0.476 e. The van der Waals surface area contributed by atoms with Gasteiger partial charge in [0.25, 0.3) is 0 Å². The number of carboxylic acid groups (broad SMARTS) is 1. The predicted octanol–water partition coefficient (Wildman–Crippen LogP) is 2.29. The molecule has 2 aromatic heterocycles. The maximum atomic E-state index is 10.7. The molecule has 0 spiro atoms. The fourth-order valence-corrected chi connectivity index (χ4v) is 2.47. The van der Waals surface area contributed by atoms with Crippen LogP contribution in [0.4, 0.5) is 0 Å². The van der Waals surface area contributed by atoms with Crippen molar-refractivity contribution in [3.8, 4) is 0 Å². The number of thiazole rings is 1. The second-order valence-corrected chi connectivity index (χ2v) is 5.06. The zero-order chi connectivity index (χ0) is 14.1. The third-order valence-electron chi connectivity index (χ3n) is 2.79. The Balaban J connectivity index is 1.87. The molecule has 0 atom stereocenters. The monoisotopic (exact) mass is 286 g/mol. The van der Waals surface area contributed by atoms with Crippen LogP contribution in [0, 0.1) is 0 Å². The average Bonchev–Trinajstić information content (AvgIpc) is 3.04. The maximum absolute atomic E-state index is 10.7. The van der Waals surface area contributed by atoms with Gasteiger partial charge in [0.05, 0.1) is 5.52 Å². The third kappa shape index (κ3) is 2.30. The molecule has 0 radical (unpaired) electrons. The molecule has 3 aromatic rings. The number of aromatic carboxylic acids is 1. The lowest BCUT2D eigenvalue weighted by Gasteiger charge is -1.94. The number of carboxylic acids is 1. The third-order valence-corrected chi connectivity index (χ3v) is 3.60. The second kappa shape index (κ2) is 4.86. The van der Waals surface area contributed by atoms with E-state index in [1.54, 1.807) is 10.8 Å². The summed E-state index contributed by atoms with van der Waals surface area (Å²) in [5.41, 5.74) is 2.81. The Hall–Kier alpha value is -2.54. The first-order valence-corrected chi connectivity index (χ1v) is 6.68. The maximum Gasteiger partial charge on any atom is 0.355 e. The summed E-state index contributed by atoms with van der Waals surface area (Å²) in [5, 5.41) is 19.0. The van der Waals surface area contributed by atoms with Gasteiger partial charge in [-0.15, -0.1) is 16.4 Å². The lowest BCUT2D eigenvalue weighted by atomic mass is 10.2. The van der Waals surface area contributed by atoms with Crippen molar-refractivity contribution >= 4 is 40.5 Å². The Morgan fingerprint density at radius 2 is 2.25 bits per heavy atom. The first-order valence-electron chi connectivity index (χ1n) is 5.80. The molecule has 0 bridgehead atoms. The normalized spacial score (nSPS) is 11.4. The zero-order valence-corrected chi connectivity index (χ0v) is 11.3. The van der Waals surface area contributed by atoms with Crippen molar-refractivity contribution in [3.63, 3.8) is 0 Å². The standard InChI is InChI=1S/C13H10N4O2S/c1-17-11-4-2-8(6-9(11)15-16-17)3-5-12-14-10(7-20-12)13(18)19/h2-7H,1H3,(H,18,19)/b5-3+. The molecule has 0 saturated carbocycles. The molecule has 0 aliphatic rings. The van der Waals surface area contributed by atoms with Crippen LogP contribution >= 0.6 is 11.3 Å². The minimum absolute atomic E-state index is 0.0685. The van der Waals surface area contributed by atoms with Crippen LogP contribution in [0.3, 0.4) is 0 Å². The fourth-order valence-electron chi connectivity index (χ4n) is 1.79. The topological polar surface area (TPSA) is 80.9 Å². The summed E-state index contributed by atoms with van der Waals surface area (Å²) < 4.78 is 1.71. The van der Waals surface area contributed by atoms with E-state index >= 15 is 0 Å². The molecule has 0 aliphatic carbocycles. The van der Waals surface area contributed by atoms with Crippen LogP contribution in [-0.4, -0.2) is 31.1 Å². The quantitative estimate of drug-likeness (QED) is 0.799. The molecule has 0 aliphatic heterocycles. The van der Waals surface area contributed by atoms with Crippen molar-refractivity contribution in [2.75, 3.05) is 0 Å². The summed E-state index contributed by atoms with van der Waals surface area (Å²) in [6, 6.07) is 5.82. The van der Waals surface area contributed by atoms with E-state index in [9.17, 15) is 4.79 Å². The number of rotatable bonds is 3. The molecule has 0 amide bonds. The van der Waals surface area contributed by atoms with Crippen LogP contribution in [0.15, 0.2) is 23.6 Å². The number of fused-ring (bicyclic) bond motifs is 1. The summed E-state index contributed by atoms with van der Waals surface area (Å²) in [4.78, 5) is 14.7. The minimum atomic E-state index is -1.01. The summed E-state index contributed by atoms with van der Waals surface area (Å²) in [5.74, 6) is -1.01. The van der Waals surface area contributed by atoms with Crippen LogP contribution in [0.2, 0.25) is 0 Å². The molecule has 2 heterocycles. The summed E-state index contributed by atoms with van der Waals surface area (Å²) >= 11 is 1.29. The van der Waals surface area contributed by atoms with Crippen molar-refractivity contribution in [1.82, 2.24) is 20.0 Å². The number of hydrogen-bond donors (Lipinski definition) is 1. The van der Waals surface area contributed by atoms with Gasteiger partial charge in [0.15, 0.2) is 5.69 Å². The second-order valence-electron chi connectivity index (χ2n) is 4.17. The molecule has 1 aromatic carbocycles. The molecule has 0 unspecified atom stereocenters. The van der Waals surface area contributed by atoms with Gasteiger partial charge >= 0.3 is 5.97 Å². The highest BCUT2D eigenvalue weighted by Gasteiger charge is 2.06. The van der Waals surface area contributed by atoms with Crippen LogP contribution in [0.1, 0.15) is 21.1 Å². The Labute approximate surface area is 118 Å². The van der Waals surface area contributed by atoms with E-state index in [2.05, 4.69) is 15.3 Å². The van der Waals surface area contributed by atoms with Crippen molar-refractivity contribution < 1.29 is 9.90 Å². The molecule has 0 saturated heterocycles. The fraction of sp³-hybridized carbons (Fsp3) is 0.0769. The van der Waals surface area contributed by atoms with Gasteiger partial charge in [-0.2, -0.15) is 0 Å². The zero-order valence-electron chi connectivity index (χ0n) is 10.5. The predicted molar refractivity (Wildman–Crippen MR) is 76.5 cm³/mol. The van der Waals surface area contributed by atoms with Gasteiger partial charge in [-0.05, 0) is 23.8 Å². The van der Waals surface area contributed by atoms with Gasteiger partial charge in [-0.3, -0.25) is 0 Å². The highest BCUT2D eigenvalue weighted by Crippen LogP contribution is 2.17. The summed E-state index contributed by atoms with van der Waals surface area (Å²) in [6.07, 6.45) is 3.66. The number of nitrogens with zero attached hydrogens (tertiary/aromatic N) is 4. The molecular weight excluding hydrogens is 276 g/mol. The first-order chi connectivity index (χ1) is 9.63. The van der Waals surface area contributed by atoms with E-state index in [0.29, 0.717) is 5.01 Å². The molecule has 7 heteroatoms. The first kappa shape index (κ1) is 12.5. The number of benzene rings is 1. The van der Waals surface area contributed by atoms with E-state index in [0.717, 1.165) is 16.6 Å². The highest BCUT2D eigenvalue weighted by atomic mass is 32.1. The van der Waals surface area contributed by atoms with Crippen molar-refractivity contribution in [3.05, 3.63) is 39.8 Å². The number of aryl methyl sites for hydroxylation is 1. The molecule has 6 nitrogen and oxygen atoms in total. The van der Waals surface area contributed by atoms with E-state index in [1.165, 1.54) is 16.7 Å². The van der Waals surface area contributed by atoms with Crippen molar-refractivity contribution in [2.24, 2.45) is 7.05 Å². The lowest BCUT2D eigenvalue weighted by molar-refractivity contribution is 0.0691. The van der Waals surface area contributed by atoms with Crippen LogP contribution < -0.4 is 0 Å². The van der Waals surface area contributed by atoms with Crippen LogP contribution in [0.25, 0.3) is 23.2 Å². The Bertz CT molecular complexity index is 819. The molecule has 1 N–H and O–H groups in total. The highest BCUT2D eigenvalue weighted by molar-refractivity contribution is 7.10. The lowest BCUT2D eigenvalue weighted by Crippen LogP contribution is -1.95. The Kier molecular flexibility index (Phi) is 3.03. The minimum Gasteiger partial charge on any atom is -0.476 e. The van der Waals surface area contributed by atoms with E-state index in [-0.39, 0.29) is 5.69 Å². The molecule has 3 rings (SSSR count). The van der Waals surface area contributed by atoms with Crippen LogP contribution in [-0.2, 0) is 7.05 Å². The van der Waals surface area contributed by atoms with Gasteiger partial charge < -0.3 is 5.11 Å². The SMILES string of the molecule is Cn1nnc2cc(/C=C/c3nc(C(=O)O)cs3)ccc21. The number of aromatic nitrogens is 4. The van der Waals surface area contributed by atoms with Gasteiger partial charge in [0.1, 0.15) is 10.5 Å². The van der Waals surface area contributed by atoms with Crippen molar-refractivity contribution in [1.29, 1.82) is 0 Å².